The Morgan fingerprint density at radius 3 is 2.47 bits per heavy atom. The molecule has 2 N–H and O–H groups in total. The molecule has 19 heavy (non-hydrogen) atoms. The van der Waals surface area contributed by atoms with Crippen molar-refractivity contribution in [2.24, 2.45) is 0 Å². The summed E-state index contributed by atoms with van der Waals surface area (Å²) in [5, 5.41) is 12.1. The standard InChI is InChI=1S/C11H19F3N2O2S/c1-19-8-2-5-15-9(17)16-6-3-10(18,4-7-16)11(12,13)14/h18H,2-8H2,1H3,(H,15,17). The molecule has 0 atom stereocenters. The van der Waals surface area contributed by atoms with Crippen LogP contribution in [0.1, 0.15) is 19.3 Å². The van der Waals surface area contributed by atoms with Gasteiger partial charge in [0.15, 0.2) is 5.60 Å². The van der Waals surface area contributed by atoms with Gasteiger partial charge in [-0.05, 0) is 18.4 Å². The molecule has 0 aromatic rings. The normalized spacial score (nSPS) is 19.3. The van der Waals surface area contributed by atoms with Gasteiger partial charge in [0.05, 0.1) is 0 Å². The van der Waals surface area contributed by atoms with Crippen LogP contribution in [0.3, 0.4) is 0 Å². The molecule has 1 heterocycles. The summed E-state index contributed by atoms with van der Waals surface area (Å²) in [5.74, 6) is 0.925. The zero-order valence-electron chi connectivity index (χ0n) is 10.8. The lowest BCUT2D eigenvalue weighted by molar-refractivity contribution is -0.271. The molecule has 0 unspecified atom stereocenters. The van der Waals surface area contributed by atoms with Crippen LogP contribution in [-0.4, -0.2) is 59.5 Å². The Hall–Kier alpha value is -0.630. The smallest absolute Gasteiger partial charge is 0.380 e. The molecule has 4 nitrogen and oxygen atoms in total. The Labute approximate surface area is 114 Å². The second-order valence-electron chi connectivity index (χ2n) is 4.59. The Balaban J connectivity index is 2.35. The Morgan fingerprint density at radius 1 is 1.42 bits per heavy atom. The maximum absolute atomic E-state index is 12.6. The predicted octanol–water partition coefficient (Wildman–Crippen LogP) is 1.84. The Kier molecular flexibility index (Phi) is 5.79. The molecule has 0 saturated carbocycles. The van der Waals surface area contributed by atoms with E-state index in [-0.39, 0.29) is 19.1 Å². The first-order valence-electron chi connectivity index (χ1n) is 6.11. The molecular weight excluding hydrogens is 281 g/mol. The maximum Gasteiger partial charge on any atom is 0.417 e. The minimum Gasteiger partial charge on any atom is -0.380 e. The molecule has 1 fully saturated rings. The minimum absolute atomic E-state index is 0.0790. The largest absolute Gasteiger partial charge is 0.417 e. The molecule has 8 heteroatoms. The average molecular weight is 300 g/mol. The summed E-state index contributed by atoms with van der Waals surface area (Å²) in [4.78, 5) is 13.0. The summed E-state index contributed by atoms with van der Waals surface area (Å²) in [6.07, 6.45) is -2.77. The summed E-state index contributed by atoms with van der Waals surface area (Å²) in [6, 6.07) is -0.356. The highest BCUT2D eigenvalue weighted by molar-refractivity contribution is 7.98. The molecule has 0 aliphatic carbocycles. The molecule has 1 aliphatic heterocycles. The maximum atomic E-state index is 12.6. The number of halogens is 3. The third-order valence-corrected chi connectivity index (χ3v) is 3.90. The summed E-state index contributed by atoms with van der Waals surface area (Å²) >= 11 is 1.67. The van der Waals surface area contributed by atoms with Crippen LogP contribution in [-0.2, 0) is 0 Å². The molecule has 0 bridgehead atoms. The van der Waals surface area contributed by atoms with Crippen LogP contribution < -0.4 is 5.32 Å². The van der Waals surface area contributed by atoms with E-state index in [4.69, 9.17) is 0 Å². The number of nitrogens with zero attached hydrogens (tertiary/aromatic N) is 1. The van der Waals surface area contributed by atoms with Gasteiger partial charge in [0.1, 0.15) is 0 Å². The first-order valence-corrected chi connectivity index (χ1v) is 7.50. The number of nitrogens with one attached hydrogen (secondary N) is 1. The van der Waals surface area contributed by atoms with Crippen molar-refractivity contribution in [1.29, 1.82) is 0 Å². The third-order valence-electron chi connectivity index (χ3n) is 3.21. The van der Waals surface area contributed by atoms with Crippen LogP contribution in [0, 0.1) is 0 Å². The quantitative estimate of drug-likeness (QED) is 0.779. The van der Waals surface area contributed by atoms with Crippen molar-refractivity contribution in [2.45, 2.75) is 31.0 Å². The molecule has 1 saturated heterocycles. The van der Waals surface area contributed by atoms with Gasteiger partial charge in [-0.3, -0.25) is 0 Å². The van der Waals surface area contributed by atoms with E-state index in [1.165, 1.54) is 4.90 Å². The van der Waals surface area contributed by atoms with Gasteiger partial charge >= 0.3 is 12.2 Å². The highest BCUT2D eigenvalue weighted by Gasteiger charge is 2.54. The highest BCUT2D eigenvalue weighted by Crippen LogP contribution is 2.38. The van der Waals surface area contributed by atoms with Crippen molar-refractivity contribution in [3.63, 3.8) is 0 Å². The van der Waals surface area contributed by atoms with Crippen LogP contribution in [0.2, 0.25) is 0 Å². The van der Waals surface area contributed by atoms with Crippen LogP contribution in [0.5, 0.6) is 0 Å². The third kappa shape index (κ3) is 4.45. The SMILES string of the molecule is CSCCCNC(=O)N1CCC(O)(C(F)(F)F)CC1. The van der Waals surface area contributed by atoms with Crippen molar-refractivity contribution < 1.29 is 23.1 Å². The molecular formula is C11H19F3N2O2S. The fraction of sp³-hybridized carbons (Fsp3) is 0.909. The van der Waals surface area contributed by atoms with Crippen molar-refractivity contribution in [3.05, 3.63) is 0 Å². The lowest BCUT2D eigenvalue weighted by Crippen LogP contribution is -2.55. The van der Waals surface area contributed by atoms with Gasteiger partial charge in [0.25, 0.3) is 0 Å². The lowest BCUT2D eigenvalue weighted by Gasteiger charge is -2.39. The zero-order chi connectivity index (χ0) is 14.5. The number of amides is 2. The Morgan fingerprint density at radius 2 is 2.00 bits per heavy atom. The number of thioether (sulfide) groups is 1. The Bertz CT molecular complexity index is 305. The number of carbonyl (C=O) groups excluding carboxylic acids is 1. The number of hydrogen-bond acceptors (Lipinski definition) is 3. The fourth-order valence-corrected chi connectivity index (χ4v) is 2.32. The fourth-order valence-electron chi connectivity index (χ4n) is 1.89. The summed E-state index contributed by atoms with van der Waals surface area (Å²) in [7, 11) is 0. The van der Waals surface area contributed by atoms with Gasteiger partial charge in [0, 0.05) is 32.5 Å². The van der Waals surface area contributed by atoms with E-state index < -0.39 is 24.6 Å². The van der Waals surface area contributed by atoms with E-state index in [0.717, 1.165) is 12.2 Å². The van der Waals surface area contributed by atoms with Gasteiger partial charge in [-0.25, -0.2) is 4.79 Å². The number of carbonyl (C=O) groups is 1. The summed E-state index contributed by atoms with van der Waals surface area (Å²) < 4.78 is 37.7. The van der Waals surface area contributed by atoms with E-state index in [0.29, 0.717) is 6.54 Å². The van der Waals surface area contributed by atoms with Gasteiger partial charge in [-0.1, -0.05) is 0 Å². The van der Waals surface area contributed by atoms with E-state index in [1.54, 1.807) is 11.8 Å². The monoisotopic (exact) mass is 300 g/mol. The number of hydrogen-bond donors (Lipinski definition) is 2. The molecule has 2 amide bonds. The first kappa shape index (κ1) is 16.4. The zero-order valence-corrected chi connectivity index (χ0v) is 11.6. The number of aliphatic hydroxyl groups is 1. The molecule has 112 valence electrons. The predicted molar refractivity (Wildman–Crippen MR) is 68.2 cm³/mol. The number of urea groups is 1. The second-order valence-corrected chi connectivity index (χ2v) is 5.58. The number of piperidine rings is 1. The average Bonchev–Trinajstić information content (AvgIpc) is 2.34. The van der Waals surface area contributed by atoms with E-state index in [2.05, 4.69) is 5.32 Å². The van der Waals surface area contributed by atoms with E-state index in [1.807, 2.05) is 6.26 Å². The van der Waals surface area contributed by atoms with Crippen LogP contribution in [0.4, 0.5) is 18.0 Å². The molecule has 0 aromatic heterocycles. The van der Waals surface area contributed by atoms with Gasteiger partial charge in [-0.2, -0.15) is 24.9 Å². The van der Waals surface area contributed by atoms with E-state index >= 15 is 0 Å². The molecule has 1 rings (SSSR count). The lowest BCUT2D eigenvalue weighted by atomic mass is 9.91. The van der Waals surface area contributed by atoms with Crippen LogP contribution in [0.15, 0.2) is 0 Å². The van der Waals surface area contributed by atoms with Crippen molar-refractivity contribution >= 4 is 17.8 Å². The summed E-state index contributed by atoms with van der Waals surface area (Å²) in [5.41, 5.74) is -2.65. The van der Waals surface area contributed by atoms with E-state index in [9.17, 15) is 23.1 Å². The molecule has 0 radical (unpaired) electrons. The van der Waals surface area contributed by atoms with Gasteiger partial charge in [0.2, 0.25) is 0 Å². The molecule has 0 spiro atoms. The van der Waals surface area contributed by atoms with Gasteiger partial charge < -0.3 is 15.3 Å². The van der Waals surface area contributed by atoms with Crippen LogP contribution >= 0.6 is 11.8 Å². The molecule has 0 aromatic carbocycles. The summed E-state index contributed by atoms with van der Waals surface area (Å²) in [6.45, 7) is 0.356. The minimum atomic E-state index is -4.63. The van der Waals surface area contributed by atoms with Crippen LogP contribution in [0.25, 0.3) is 0 Å². The highest BCUT2D eigenvalue weighted by atomic mass is 32.2. The number of likely N-dealkylation sites (tertiary alicyclic amines) is 1. The topological polar surface area (TPSA) is 52.6 Å². The number of rotatable bonds is 4. The van der Waals surface area contributed by atoms with Crippen molar-refractivity contribution in [3.8, 4) is 0 Å². The van der Waals surface area contributed by atoms with Gasteiger partial charge in [-0.15, -0.1) is 0 Å². The first-order chi connectivity index (χ1) is 8.80. The second kappa shape index (κ2) is 6.69. The van der Waals surface area contributed by atoms with Crippen molar-refractivity contribution in [1.82, 2.24) is 10.2 Å². The molecule has 1 aliphatic rings. The van der Waals surface area contributed by atoms with Crippen molar-refractivity contribution in [2.75, 3.05) is 31.6 Å². The number of alkyl halides is 3.